The molecule has 2 rings (SSSR count). The Hall–Kier alpha value is -1.75. The lowest BCUT2D eigenvalue weighted by Gasteiger charge is -2.18. The van der Waals surface area contributed by atoms with Crippen molar-refractivity contribution in [3.63, 3.8) is 0 Å². The van der Waals surface area contributed by atoms with Gasteiger partial charge in [-0.25, -0.2) is 8.78 Å². The van der Waals surface area contributed by atoms with Crippen molar-refractivity contribution in [2.75, 3.05) is 7.05 Å². The highest BCUT2D eigenvalue weighted by Gasteiger charge is 2.18. The average Bonchev–Trinajstić information content (AvgIpc) is 2.42. The first-order valence-corrected chi connectivity index (χ1v) is 7.13. The molecule has 2 nitrogen and oxygen atoms in total. The number of hydrogen-bond acceptors (Lipinski definition) is 1. The molecule has 21 heavy (non-hydrogen) atoms. The first-order chi connectivity index (χ1) is 9.88. The first kappa shape index (κ1) is 15.6. The molecule has 2 aromatic rings. The Labute approximate surface area is 130 Å². The van der Waals surface area contributed by atoms with Gasteiger partial charge in [0.1, 0.15) is 11.6 Å². The largest absolute Gasteiger partial charge is 0.337 e. The molecule has 0 aliphatic heterocycles. The Bertz CT molecular complexity index is 688. The second-order valence-corrected chi connectivity index (χ2v) is 5.79. The topological polar surface area (TPSA) is 20.3 Å². The quantitative estimate of drug-likeness (QED) is 0.805. The summed E-state index contributed by atoms with van der Waals surface area (Å²) in [4.78, 5) is 13.7. The third-order valence-electron chi connectivity index (χ3n) is 3.13. The van der Waals surface area contributed by atoms with Crippen LogP contribution >= 0.6 is 15.9 Å². The molecule has 0 atom stereocenters. The molecule has 0 saturated carbocycles. The maximum Gasteiger partial charge on any atom is 0.256 e. The zero-order chi connectivity index (χ0) is 15.6. The summed E-state index contributed by atoms with van der Waals surface area (Å²) >= 11 is 3.36. The summed E-state index contributed by atoms with van der Waals surface area (Å²) in [5, 5.41) is 0. The molecule has 0 N–H and O–H groups in total. The highest BCUT2D eigenvalue weighted by molar-refractivity contribution is 9.10. The van der Waals surface area contributed by atoms with E-state index >= 15 is 0 Å². The molecule has 2 aromatic carbocycles. The van der Waals surface area contributed by atoms with Gasteiger partial charge in [0.15, 0.2) is 0 Å². The van der Waals surface area contributed by atoms with Crippen LogP contribution in [-0.2, 0) is 6.54 Å². The molecule has 0 bridgehead atoms. The van der Waals surface area contributed by atoms with E-state index in [0.29, 0.717) is 6.54 Å². The maximum atomic E-state index is 13.7. The number of halogens is 3. The molecule has 1 amide bonds. The van der Waals surface area contributed by atoms with Crippen molar-refractivity contribution in [3.05, 3.63) is 69.2 Å². The number of rotatable bonds is 3. The number of aryl methyl sites for hydroxylation is 1. The van der Waals surface area contributed by atoms with Gasteiger partial charge in [0.05, 0.1) is 5.56 Å². The summed E-state index contributed by atoms with van der Waals surface area (Å²) in [5.41, 5.74) is 1.04. The molecular formula is C16H14BrF2NO. The molecule has 0 spiro atoms. The van der Waals surface area contributed by atoms with E-state index in [9.17, 15) is 13.6 Å². The van der Waals surface area contributed by atoms with Crippen LogP contribution in [0.3, 0.4) is 0 Å². The lowest BCUT2D eigenvalue weighted by Crippen LogP contribution is -2.27. The smallest absolute Gasteiger partial charge is 0.256 e. The second-order valence-electron chi connectivity index (χ2n) is 4.87. The predicted molar refractivity (Wildman–Crippen MR) is 81.0 cm³/mol. The molecule has 0 saturated heterocycles. The minimum atomic E-state index is -0.843. The fourth-order valence-corrected chi connectivity index (χ4v) is 2.45. The zero-order valence-corrected chi connectivity index (χ0v) is 13.2. The van der Waals surface area contributed by atoms with E-state index < -0.39 is 17.5 Å². The standard InChI is InChI=1S/C16H14BrF2NO/c1-10-6-13(15(19)8-14(10)18)16(21)20(2)9-11-4-3-5-12(17)7-11/h3-8H,9H2,1-2H3. The van der Waals surface area contributed by atoms with E-state index in [1.807, 2.05) is 24.3 Å². The van der Waals surface area contributed by atoms with Crippen LogP contribution in [0.5, 0.6) is 0 Å². The van der Waals surface area contributed by atoms with Crippen molar-refractivity contribution in [3.8, 4) is 0 Å². The Kier molecular flexibility index (Phi) is 4.73. The summed E-state index contributed by atoms with van der Waals surface area (Å²) in [6, 6.07) is 9.49. The third-order valence-corrected chi connectivity index (χ3v) is 3.63. The maximum absolute atomic E-state index is 13.7. The van der Waals surface area contributed by atoms with Gasteiger partial charge in [0.2, 0.25) is 0 Å². The van der Waals surface area contributed by atoms with Crippen molar-refractivity contribution in [1.82, 2.24) is 4.90 Å². The van der Waals surface area contributed by atoms with E-state index in [4.69, 9.17) is 0 Å². The van der Waals surface area contributed by atoms with Gasteiger partial charge >= 0.3 is 0 Å². The van der Waals surface area contributed by atoms with Crippen molar-refractivity contribution in [2.45, 2.75) is 13.5 Å². The molecule has 110 valence electrons. The lowest BCUT2D eigenvalue weighted by molar-refractivity contribution is 0.0780. The monoisotopic (exact) mass is 353 g/mol. The average molecular weight is 354 g/mol. The van der Waals surface area contributed by atoms with E-state index in [-0.39, 0.29) is 11.1 Å². The Balaban J connectivity index is 2.22. The lowest BCUT2D eigenvalue weighted by atomic mass is 10.1. The Morgan fingerprint density at radius 2 is 1.90 bits per heavy atom. The highest BCUT2D eigenvalue weighted by atomic mass is 79.9. The van der Waals surface area contributed by atoms with Gasteiger partial charge in [-0.15, -0.1) is 0 Å². The number of amides is 1. The van der Waals surface area contributed by atoms with Gasteiger partial charge in [0.25, 0.3) is 5.91 Å². The van der Waals surface area contributed by atoms with Gasteiger partial charge in [-0.1, -0.05) is 28.1 Å². The molecule has 0 heterocycles. The van der Waals surface area contributed by atoms with Crippen LogP contribution in [0, 0.1) is 18.6 Å². The van der Waals surface area contributed by atoms with Crippen molar-refractivity contribution < 1.29 is 13.6 Å². The second kappa shape index (κ2) is 6.35. The minimum Gasteiger partial charge on any atom is -0.337 e. The van der Waals surface area contributed by atoms with Gasteiger partial charge in [-0.05, 0) is 36.2 Å². The number of nitrogens with zero attached hydrogens (tertiary/aromatic N) is 1. The fraction of sp³-hybridized carbons (Fsp3) is 0.188. The molecule has 0 fully saturated rings. The van der Waals surface area contributed by atoms with Gasteiger partial charge in [-0.2, -0.15) is 0 Å². The van der Waals surface area contributed by atoms with Crippen LogP contribution in [0.15, 0.2) is 40.9 Å². The molecule has 0 unspecified atom stereocenters. The van der Waals surface area contributed by atoms with E-state index in [2.05, 4.69) is 15.9 Å². The zero-order valence-electron chi connectivity index (χ0n) is 11.7. The normalized spacial score (nSPS) is 10.5. The van der Waals surface area contributed by atoms with Crippen LogP contribution < -0.4 is 0 Å². The predicted octanol–water partition coefficient (Wildman–Crippen LogP) is 4.31. The summed E-state index contributed by atoms with van der Waals surface area (Å²) in [5.74, 6) is -1.97. The SMILES string of the molecule is Cc1cc(C(=O)N(C)Cc2cccc(Br)c2)c(F)cc1F. The van der Waals surface area contributed by atoms with Crippen LogP contribution in [-0.4, -0.2) is 17.9 Å². The van der Waals surface area contributed by atoms with Crippen LogP contribution in [0.25, 0.3) is 0 Å². The van der Waals surface area contributed by atoms with Crippen LogP contribution in [0.1, 0.15) is 21.5 Å². The molecule has 0 aliphatic rings. The number of hydrogen-bond donors (Lipinski definition) is 0. The number of carbonyl (C=O) groups is 1. The highest BCUT2D eigenvalue weighted by Crippen LogP contribution is 2.18. The van der Waals surface area contributed by atoms with Gasteiger partial charge in [0, 0.05) is 24.1 Å². The van der Waals surface area contributed by atoms with E-state index in [0.717, 1.165) is 16.1 Å². The first-order valence-electron chi connectivity index (χ1n) is 6.34. The number of carbonyl (C=O) groups excluding carboxylic acids is 1. The van der Waals surface area contributed by atoms with E-state index in [1.165, 1.54) is 17.9 Å². The Morgan fingerprint density at radius 3 is 2.57 bits per heavy atom. The summed E-state index contributed by atoms with van der Waals surface area (Å²) in [7, 11) is 1.58. The van der Waals surface area contributed by atoms with Crippen LogP contribution in [0.2, 0.25) is 0 Å². The fourth-order valence-electron chi connectivity index (χ4n) is 2.01. The minimum absolute atomic E-state index is 0.119. The van der Waals surface area contributed by atoms with Crippen molar-refractivity contribution >= 4 is 21.8 Å². The summed E-state index contributed by atoms with van der Waals surface area (Å²) < 4.78 is 27.9. The molecule has 0 aromatic heterocycles. The van der Waals surface area contributed by atoms with Gasteiger partial charge in [-0.3, -0.25) is 4.79 Å². The molecule has 0 aliphatic carbocycles. The number of benzene rings is 2. The molecular weight excluding hydrogens is 340 g/mol. The van der Waals surface area contributed by atoms with E-state index in [1.54, 1.807) is 7.05 Å². The van der Waals surface area contributed by atoms with Gasteiger partial charge < -0.3 is 4.90 Å². The van der Waals surface area contributed by atoms with Crippen molar-refractivity contribution in [2.24, 2.45) is 0 Å². The summed E-state index contributed by atoms with van der Waals surface area (Å²) in [6.07, 6.45) is 0. The Morgan fingerprint density at radius 1 is 1.19 bits per heavy atom. The summed E-state index contributed by atoms with van der Waals surface area (Å²) in [6.45, 7) is 1.84. The molecule has 5 heteroatoms. The molecule has 0 radical (unpaired) electrons. The third kappa shape index (κ3) is 3.67. The van der Waals surface area contributed by atoms with Crippen molar-refractivity contribution in [1.29, 1.82) is 0 Å². The van der Waals surface area contributed by atoms with Crippen LogP contribution in [0.4, 0.5) is 8.78 Å².